The number of benzene rings is 1. The summed E-state index contributed by atoms with van der Waals surface area (Å²) in [6, 6.07) is 7.89. The molecule has 1 unspecified atom stereocenters. The Morgan fingerprint density at radius 2 is 1.83 bits per heavy atom. The number of hydrogen-bond acceptors (Lipinski definition) is 6. The lowest BCUT2D eigenvalue weighted by molar-refractivity contribution is -0.161. The summed E-state index contributed by atoms with van der Waals surface area (Å²) in [4.78, 5) is 46.0. The van der Waals surface area contributed by atoms with E-state index in [2.05, 4.69) is 4.98 Å². The first-order valence-electron chi connectivity index (χ1n) is 14.4. The quantitative estimate of drug-likeness (QED) is 0.284. The Kier molecular flexibility index (Phi) is 9.08. The minimum Gasteiger partial charge on any atom is -0.481 e. The molecule has 0 bridgehead atoms. The van der Waals surface area contributed by atoms with Gasteiger partial charge in [-0.3, -0.25) is 19.4 Å². The summed E-state index contributed by atoms with van der Waals surface area (Å²) in [5, 5.41) is 11.1. The standard InChI is InChI=1S/C31H29F6N3O5S/c1-2-7-23-29(45-19-14-24(46-17-19)31(35,36)37,28(44)39-15-18-8-3-4-9-20(18)21(16-39)27(42)43)11-6-13-40(23)26(41)25-22(30(32,33)34)10-5-12-38-25/h3-5,8-10,12,14,17,21,23H,2,6-7,11,13,15-16H2,1H3,(H,42,43)/t21?,23-,29-/m1/s1. The highest BCUT2D eigenvalue weighted by molar-refractivity contribution is 7.10. The molecular weight excluding hydrogens is 640 g/mol. The second-order valence-corrected chi connectivity index (χ2v) is 12.1. The summed E-state index contributed by atoms with van der Waals surface area (Å²) in [6.07, 6.45) is -8.28. The third-order valence-corrected chi connectivity index (χ3v) is 9.25. The molecular formula is C31H29F6N3O5S. The first-order valence-corrected chi connectivity index (χ1v) is 15.3. The number of nitrogens with zero attached hydrogens (tertiary/aromatic N) is 3. The van der Waals surface area contributed by atoms with Gasteiger partial charge in [0.15, 0.2) is 0 Å². The highest BCUT2D eigenvalue weighted by Crippen LogP contribution is 2.43. The van der Waals surface area contributed by atoms with Crippen molar-refractivity contribution in [2.45, 2.75) is 69.1 Å². The average Bonchev–Trinajstić information content (AvgIpc) is 3.49. The van der Waals surface area contributed by atoms with E-state index in [-0.39, 0.29) is 44.6 Å². The molecule has 1 saturated heterocycles. The zero-order chi connectivity index (χ0) is 33.4. The molecule has 2 aliphatic rings. The van der Waals surface area contributed by atoms with Gasteiger partial charge in [0.2, 0.25) is 5.60 Å². The molecule has 0 aliphatic carbocycles. The summed E-state index contributed by atoms with van der Waals surface area (Å²) in [5.41, 5.74) is -3.17. The number of ether oxygens (including phenoxy) is 1. The number of thiophene rings is 1. The molecule has 1 fully saturated rings. The van der Waals surface area contributed by atoms with E-state index in [9.17, 15) is 45.8 Å². The number of carboxylic acid groups (broad SMARTS) is 1. The van der Waals surface area contributed by atoms with Gasteiger partial charge in [-0.1, -0.05) is 37.6 Å². The van der Waals surface area contributed by atoms with Crippen LogP contribution in [-0.4, -0.2) is 62.4 Å². The van der Waals surface area contributed by atoms with E-state index < -0.39 is 63.8 Å². The molecule has 15 heteroatoms. The lowest BCUT2D eigenvalue weighted by Crippen LogP contribution is -2.68. The van der Waals surface area contributed by atoms with E-state index in [1.165, 1.54) is 4.90 Å². The van der Waals surface area contributed by atoms with Gasteiger partial charge in [-0.05, 0) is 36.1 Å². The normalized spacial score (nSPS) is 21.9. The molecule has 2 aliphatic heterocycles. The fourth-order valence-corrected chi connectivity index (χ4v) is 6.99. The van der Waals surface area contributed by atoms with Gasteiger partial charge in [-0.15, -0.1) is 11.3 Å². The monoisotopic (exact) mass is 669 g/mol. The first-order chi connectivity index (χ1) is 21.7. The van der Waals surface area contributed by atoms with Gasteiger partial charge in [0.05, 0.1) is 17.5 Å². The number of aliphatic carboxylic acids is 1. The average molecular weight is 670 g/mol. The molecule has 3 atom stereocenters. The number of hydrogen-bond donors (Lipinski definition) is 1. The molecule has 3 aromatic rings. The van der Waals surface area contributed by atoms with E-state index in [0.717, 1.165) is 34.7 Å². The molecule has 0 saturated carbocycles. The van der Waals surface area contributed by atoms with Gasteiger partial charge in [-0.25, -0.2) is 0 Å². The summed E-state index contributed by atoms with van der Waals surface area (Å²) >= 11 is 0.341. The number of carbonyl (C=O) groups is 3. The van der Waals surface area contributed by atoms with Crippen LogP contribution in [0.1, 0.15) is 70.6 Å². The Balaban J connectivity index is 1.62. The van der Waals surface area contributed by atoms with E-state index >= 15 is 0 Å². The molecule has 0 spiro atoms. The fourth-order valence-electron chi connectivity index (χ4n) is 6.32. The molecule has 246 valence electrons. The maximum Gasteiger partial charge on any atom is 0.425 e. The number of rotatable bonds is 7. The van der Waals surface area contributed by atoms with Gasteiger partial charge in [0.25, 0.3) is 11.8 Å². The summed E-state index contributed by atoms with van der Waals surface area (Å²) in [7, 11) is 0. The molecule has 1 aromatic carbocycles. The molecule has 8 nitrogen and oxygen atoms in total. The van der Waals surface area contributed by atoms with Crippen molar-refractivity contribution in [1.82, 2.24) is 14.8 Å². The van der Waals surface area contributed by atoms with E-state index in [4.69, 9.17) is 4.74 Å². The molecule has 2 amide bonds. The Bertz CT molecular complexity index is 1630. The lowest BCUT2D eigenvalue weighted by Gasteiger charge is -2.50. The van der Waals surface area contributed by atoms with Crippen LogP contribution >= 0.6 is 11.3 Å². The number of alkyl halides is 6. The number of likely N-dealkylation sites (tertiary alicyclic amines) is 1. The highest BCUT2D eigenvalue weighted by atomic mass is 32.1. The van der Waals surface area contributed by atoms with Gasteiger partial charge in [-0.2, -0.15) is 26.3 Å². The van der Waals surface area contributed by atoms with Crippen LogP contribution in [-0.2, 0) is 28.5 Å². The maximum atomic E-state index is 14.7. The largest absolute Gasteiger partial charge is 0.481 e. The van der Waals surface area contributed by atoms with Crippen molar-refractivity contribution in [1.29, 1.82) is 0 Å². The van der Waals surface area contributed by atoms with Crippen LogP contribution in [0, 0.1) is 0 Å². The number of pyridine rings is 1. The predicted octanol–water partition coefficient (Wildman–Crippen LogP) is 6.61. The van der Waals surface area contributed by atoms with Gasteiger partial charge < -0.3 is 19.6 Å². The van der Waals surface area contributed by atoms with Crippen LogP contribution in [0.3, 0.4) is 0 Å². The van der Waals surface area contributed by atoms with E-state index in [1.807, 2.05) is 0 Å². The lowest BCUT2D eigenvalue weighted by atomic mass is 9.79. The van der Waals surface area contributed by atoms with Crippen molar-refractivity contribution >= 4 is 29.1 Å². The topological polar surface area (TPSA) is 100 Å². The Morgan fingerprint density at radius 1 is 1.09 bits per heavy atom. The van der Waals surface area contributed by atoms with Crippen LogP contribution in [0.15, 0.2) is 54.0 Å². The predicted molar refractivity (Wildman–Crippen MR) is 153 cm³/mol. The number of amides is 2. The number of carboxylic acids is 1. The second kappa shape index (κ2) is 12.6. The van der Waals surface area contributed by atoms with E-state index in [1.54, 1.807) is 31.2 Å². The van der Waals surface area contributed by atoms with Crippen LogP contribution in [0.5, 0.6) is 5.75 Å². The third-order valence-electron chi connectivity index (χ3n) is 8.30. The van der Waals surface area contributed by atoms with Crippen molar-refractivity contribution in [2.24, 2.45) is 0 Å². The van der Waals surface area contributed by atoms with Crippen molar-refractivity contribution in [3.8, 4) is 5.75 Å². The SMILES string of the molecule is CCC[C@H]1N(C(=O)c2ncccc2C(F)(F)F)CCC[C@]1(Oc1csc(C(F)(F)F)c1)C(=O)N1Cc2ccccc2C(C(=O)O)C1. The fraction of sp³-hybridized carbons (Fsp3) is 0.419. The van der Waals surface area contributed by atoms with Crippen molar-refractivity contribution in [3.05, 3.63) is 81.3 Å². The van der Waals surface area contributed by atoms with Crippen molar-refractivity contribution < 1.29 is 50.6 Å². The van der Waals surface area contributed by atoms with Crippen LogP contribution in [0.4, 0.5) is 26.3 Å². The van der Waals surface area contributed by atoms with E-state index in [0.29, 0.717) is 28.9 Å². The zero-order valence-corrected chi connectivity index (χ0v) is 25.2. The van der Waals surface area contributed by atoms with Crippen LogP contribution < -0.4 is 4.74 Å². The van der Waals surface area contributed by atoms with Crippen LogP contribution in [0.25, 0.3) is 0 Å². The number of piperidine rings is 1. The number of fused-ring (bicyclic) bond motifs is 1. The maximum absolute atomic E-state index is 14.7. The van der Waals surface area contributed by atoms with Gasteiger partial charge >= 0.3 is 18.3 Å². The molecule has 5 rings (SSSR count). The number of carbonyl (C=O) groups excluding carboxylic acids is 2. The summed E-state index contributed by atoms with van der Waals surface area (Å²) in [6.45, 7) is 1.30. The molecule has 4 heterocycles. The smallest absolute Gasteiger partial charge is 0.425 e. The molecule has 2 aromatic heterocycles. The Labute approximate surface area is 263 Å². The van der Waals surface area contributed by atoms with Gasteiger partial charge in [0.1, 0.15) is 16.3 Å². The molecule has 1 N–H and O–H groups in total. The third kappa shape index (κ3) is 6.29. The van der Waals surface area contributed by atoms with Crippen LogP contribution in [0.2, 0.25) is 0 Å². The molecule has 46 heavy (non-hydrogen) atoms. The molecule has 0 radical (unpaired) electrons. The summed E-state index contributed by atoms with van der Waals surface area (Å²) in [5.74, 6) is -4.52. The minimum absolute atomic E-state index is 0.0364. The highest BCUT2D eigenvalue weighted by Gasteiger charge is 2.56. The zero-order valence-electron chi connectivity index (χ0n) is 24.4. The first kappa shape index (κ1) is 33.2. The minimum atomic E-state index is -4.92. The Hall–Kier alpha value is -4.14. The number of aromatic nitrogens is 1. The Morgan fingerprint density at radius 3 is 2.48 bits per heavy atom. The van der Waals surface area contributed by atoms with Gasteiger partial charge in [0, 0.05) is 43.7 Å². The van der Waals surface area contributed by atoms with Crippen molar-refractivity contribution in [2.75, 3.05) is 13.1 Å². The van der Waals surface area contributed by atoms with Crippen molar-refractivity contribution in [3.63, 3.8) is 0 Å². The number of halogens is 6. The summed E-state index contributed by atoms with van der Waals surface area (Å²) < 4.78 is 88.6. The second-order valence-electron chi connectivity index (χ2n) is 11.2.